The molecule has 1 aromatic carbocycles. The summed E-state index contributed by atoms with van der Waals surface area (Å²) in [7, 11) is 1.71. The Labute approximate surface area is 180 Å². The lowest BCUT2D eigenvalue weighted by Crippen LogP contribution is -2.46. The number of benzene rings is 1. The van der Waals surface area contributed by atoms with Gasteiger partial charge in [-0.1, -0.05) is 0 Å². The molecule has 2 aliphatic heterocycles. The van der Waals surface area contributed by atoms with E-state index in [0.717, 1.165) is 61.5 Å². The molecule has 1 unspecified atom stereocenters. The maximum Gasteiger partial charge on any atom is 0.347 e. The second-order valence-corrected chi connectivity index (χ2v) is 8.06. The van der Waals surface area contributed by atoms with Gasteiger partial charge in [0, 0.05) is 58.1 Å². The van der Waals surface area contributed by atoms with Crippen molar-refractivity contribution in [3.63, 3.8) is 0 Å². The smallest absolute Gasteiger partial charge is 0.347 e. The van der Waals surface area contributed by atoms with Crippen LogP contribution in [-0.2, 0) is 18.3 Å². The average Bonchev–Trinajstić information content (AvgIpc) is 3.30. The lowest BCUT2D eigenvalue weighted by molar-refractivity contribution is 0.139. The highest BCUT2D eigenvalue weighted by atomic mass is 16.5. The largest absolute Gasteiger partial charge is 0.471 e. The lowest BCUT2D eigenvalue weighted by Gasteiger charge is -2.36. The maximum absolute atomic E-state index is 11.8. The Morgan fingerprint density at radius 2 is 2.03 bits per heavy atom. The molecule has 0 spiro atoms. The molecule has 0 aliphatic carbocycles. The highest BCUT2D eigenvalue weighted by Gasteiger charge is 2.21. The van der Waals surface area contributed by atoms with Crippen molar-refractivity contribution in [2.75, 3.05) is 44.3 Å². The lowest BCUT2D eigenvalue weighted by atomic mass is 10.1. The third-order valence-corrected chi connectivity index (χ3v) is 5.90. The second kappa shape index (κ2) is 8.60. The zero-order valence-electron chi connectivity index (χ0n) is 17.6. The number of hydrogen-bond acceptors (Lipinski definition) is 8. The van der Waals surface area contributed by atoms with Crippen LogP contribution in [0.15, 0.2) is 41.6 Å². The molecule has 2 saturated heterocycles. The fourth-order valence-corrected chi connectivity index (χ4v) is 4.06. The van der Waals surface area contributed by atoms with Crippen LogP contribution in [0.1, 0.15) is 12.1 Å². The van der Waals surface area contributed by atoms with E-state index in [-0.39, 0.29) is 11.8 Å². The van der Waals surface area contributed by atoms with Gasteiger partial charge in [0.15, 0.2) is 0 Å². The Morgan fingerprint density at radius 3 is 2.81 bits per heavy atom. The number of hydrogen-bond donors (Lipinski definition) is 0. The van der Waals surface area contributed by atoms with Crippen molar-refractivity contribution in [3.8, 4) is 5.88 Å². The van der Waals surface area contributed by atoms with Crippen molar-refractivity contribution in [1.82, 2.24) is 24.4 Å². The molecule has 31 heavy (non-hydrogen) atoms. The van der Waals surface area contributed by atoms with Crippen LogP contribution in [0.4, 0.5) is 5.69 Å². The zero-order chi connectivity index (χ0) is 21.2. The quantitative estimate of drug-likeness (QED) is 0.607. The van der Waals surface area contributed by atoms with Gasteiger partial charge in [-0.15, -0.1) is 0 Å². The molecule has 2 fully saturated rings. The van der Waals surface area contributed by atoms with E-state index < -0.39 is 0 Å². The molecule has 2 aliphatic rings. The molecule has 162 valence electrons. The van der Waals surface area contributed by atoms with Crippen molar-refractivity contribution < 1.29 is 9.47 Å². The molecule has 0 bridgehead atoms. The molecular formula is C22H26N6O3. The van der Waals surface area contributed by atoms with Crippen LogP contribution < -0.4 is 15.3 Å². The summed E-state index contributed by atoms with van der Waals surface area (Å²) in [5, 5.41) is 0.929. The predicted octanol–water partition coefficient (Wildman–Crippen LogP) is 1.21. The third kappa shape index (κ3) is 4.38. The molecule has 2 aromatic heterocycles. The van der Waals surface area contributed by atoms with Crippen LogP contribution in [0.3, 0.4) is 0 Å². The highest BCUT2D eigenvalue weighted by molar-refractivity contribution is 5.86. The summed E-state index contributed by atoms with van der Waals surface area (Å²) >= 11 is 0. The molecule has 0 radical (unpaired) electrons. The summed E-state index contributed by atoms with van der Waals surface area (Å²) in [6.45, 7) is 5.64. The monoisotopic (exact) mass is 422 g/mol. The number of rotatable bonds is 5. The van der Waals surface area contributed by atoms with Crippen LogP contribution >= 0.6 is 0 Å². The molecule has 9 nitrogen and oxygen atoms in total. The van der Waals surface area contributed by atoms with Crippen molar-refractivity contribution in [3.05, 3.63) is 53.0 Å². The van der Waals surface area contributed by atoms with Gasteiger partial charge in [-0.05, 0) is 24.3 Å². The fraction of sp³-hybridized carbons (Fsp3) is 0.455. The van der Waals surface area contributed by atoms with Crippen LogP contribution in [0, 0.1) is 0 Å². The van der Waals surface area contributed by atoms with Gasteiger partial charge in [0.05, 0.1) is 29.8 Å². The standard InChI is InChI=1S/C22H26N6O3/c1-26-6-4-16(25-22(26)29)13-27-7-9-28(10-8-27)17-2-3-20-19(12-17)21(24-15-23-20)31-18-5-11-30-14-18/h2-4,6,12,15,18H,5,7-11,13-14H2,1H3. The van der Waals surface area contributed by atoms with Gasteiger partial charge in [-0.2, -0.15) is 4.98 Å². The number of anilines is 1. The van der Waals surface area contributed by atoms with Gasteiger partial charge in [-0.25, -0.2) is 14.8 Å². The molecule has 4 heterocycles. The Hall–Kier alpha value is -3.04. The average molecular weight is 422 g/mol. The Bertz CT molecular complexity index is 1120. The Kier molecular flexibility index (Phi) is 5.52. The van der Waals surface area contributed by atoms with E-state index in [2.05, 4.69) is 36.9 Å². The van der Waals surface area contributed by atoms with Crippen molar-refractivity contribution >= 4 is 16.6 Å². The summed E-state index contributed by atoms with van der Waals surface area (Å²) in [5.41, 5.74) is 2.62. The minimum Gasteiger partial charge on any atom is -0.471 e. The van der Waals surface area contributed by atoms with Crippen molar-refractivity contribution in [2.24, 2.45) is 7.05 Å². The molecule has 0 saturated carbocycles. The topological polar surface area (TPSA) is 85.6 Å². The normalized spacial score (nSPS) is 19.8. The number of aromatic nitrogens is 4. The second-order valence-electron chi connectivity index (χ2n) is 8.06. The summed E-state index contributed by atoms with van der Waals surface area (Å²) in [6.07, 6.45) is 4.26. The van der Waals surface area contributed by atoms with Crippen LogP contribution in [0.25, 0.3) is 10.9 Å². The number of aryl methyl sites for hydroxylation is 1. The molecule has 0 N–H and O–H groups in total. The van der Waals surface area contributed by atoms with Gasteiger partial charge in [0.25, 0.3) is 0 Å². The van der Waals surface area contributed by atoms with Crippen molar-refractivity contribution in [1.29, 1.82) is 0 Å². The van der Waals surface area contributed by atoms with E-state index in [4.69, 9.17) is 9.47 Å². The van der Waals surface area contributed by atoms with Gasteiger partial charge in [0.1, 0.15) is 12.4 Å². The third-order valence-electron chi connectivity index (χ3n) is 5.90. The molecule has 5 rings (SSSR count). The van der Waals surface area contributed by atoms with E-state index in [1.165, 1.54) is 4.57 Å². The molecular weight excluding hydrogens is 396 g/mol. The van der Waals surface area contributed by atoms with Crippen LogP contribution in [0.2, 0.25) is 0 Å². The van der Waals surface area contributed by atoms with E-state index in [0.29, 0.717) is 19.0 Å². The molecule has 9 heteroatoms. The minimum absolute atomic E-state index is 0.0497. The van der Waals surface area contributed by atoms with Gasteiger partial charge in [-0.3, -0.25) is 4.90 Å². The molecule has 0 amide bonds. The molecule has 3 aromatic rings. The van der Waals surface area contributed by atoms with Crippen LogP contribution in [-0.4, -0.2) is 69.9 Å². The summed E-state index contributed by atoms with van der Waals surface area (Å²) in [6, 6.07) is 8.17. The summed E-state index contributed by atoms with van der Waals surface area (Å²) < 4.78 is 13.0. The first-order valence-electron chi connectivity index (χ1n) is 10.6. The fourth-order valence-electron chi connectivity index (χ4n) is 4.06. The SMILES string of the molecule is Cn1ccc(CN2CCN(c3ccc4ncnc(OC5CCOC5)c4c3)CC2)nc1=O. The predicted molar refractivity (Wildman–Crippen MR) is 116 cm³/mol. The highest BCUT2D eigenvalue weighted by Crippen LogP contribution is 2.29. The van der Waals surface area contributed by atoms with Crippen LogP contribution in [0.5, 0.6) is 5.88 Å². The zero-order valence-corrected chi connectivity index (χ0v) is 17.6. The van der Waals surface area contributed by atoms with E-state index in [9.17, 15) is 4.79 Å². The summed E-state index contributed by atoms with van der Waals surface area (Å²) in [4.78, 5) is 29.4. The van der Waals surface area contributed by atoms with Gasteiger partial charge < -0.3 is 18.9 Å². The molecule has 1 atom stereocenters. The van der Waals surface area contributed by atoms with E-state index >= 15 is 0 Å². The summed E-state index contributed by atoms with van der Waals surface area (Å²) in [5.74, 6) is 0.623. The first-order chi connectivity index (χ1) is 15.2. The van der Waals surface area contributed by atoms with Crippen molar-refractivity contribution in [2.45, 2.75) is 19.1 Å². The number of ether oxygens (including phenoxy) is 2. The van der Waals surface area contributed by atoms with Gasteiger partial charge >= 0.3 is 5.69 Å². The van der Waals surface area contributed by atoms with E-state index in [1.54, 1.807) is 19.6 Å². The maximum atomic E-state index is 11.8. The number of piperazine rings is 1. The Morgan fingerprint density at radius 1 is 1.16 bits per heavy atom. The Balaban J connectivity index is 1.27. The van der Waals surface area contributed by atoms with Gasteiger partial charge in [0.2, 0.25) is 5.88 Å². The number of nitrogens with zero attached hydrogens (tertiary/aromatic N) is 6. The first-order valence-corrected chi connectivity index (χ1v) is 10.6. The number of fused-ring (bicyclic) bond motifs is 1. The van der Waals surface area contributed by atoms with E-state index in [1.807, 2.05) is 12.1 Å². The first kappa shape index (κ1) is 19.9. The minimum atomic E-state index is -0.211.